The summed E-state index contributed by atoms with van der Waals surface area (Å²) in [6, 6.07) is 10.9. The Labute approximate surface area is 209 Å². The Balaban J connectivity index is 0.00000363. The van der Waals surface area contributed by atoms with Crippen molar-refractivity contribution in [2.24, 2.45) is 12.0 Å². The second-order valence-electron chi connectivity index (χ2n) is 8.49. The van der Waals surface area contributed by atoms with Gasteiger partial charge in [0.15, 0.2) is 5.96 Å². The van der Waals surface area contributed by atoms with Gasteiger partial charge in [-0.2, -0.15) is 5.10 Å². The minimum absolute atomic E-state index is 0. The molecule has 178 valence electrons. The number of nitrogens with one attached hydrogen (secondary N) is 3. The summed E-state index contributed by atoms with van der Waals surface area (Å²) in [4.78, 5) is 4.85. The third-order valence-electron chi connectivity index (χ3n) is 6.26. The van der Waals surface area contributed by atoms with E-state index in [1.807, 2.05) is 18.7 Å². The van der Waals surface area contributed by atoms with Crippen LogP contribution in [0.4, 0.5) is 0 Å². The molecule has 3 N–H and O–H groups in total. The highest BCUT2D eigenvalue weighted by atomic mass is 127. The molecule has 0 spiro atoms. The van der Waals surface area contributed by atoms with Crippen molar-refractivity contribution in [1.29, 1.82) is 0 Å². The molecule has 32 heavy (non-hydrogen) atoms. The number of rotatable bonds is 8. The van der Waals surface area contributed by atoms with E-state index < -0.39 is 0 Å². The van der Waals surface area contributed by atoms with Crippen molar-refractivity contribution in [2.45, 2.75) is 58.7 Å². The summed E-state index contributed by atoms with van der Waals surface area (Å²) < 4.78 is 7.60. The lowest BCUT2D eigenvalue weighted by Gasteiger charge is -2.41. The highest BCUT2D eigenvalue weighted by molar-refractivity contribution is 14.0. The molecule has 1 aromatic carbocycles. The Morgan fingerprint density at radius 1 is 1.19 bits per heavy atom. The average Bonchev–Trinajstić information content (AvgIpc) is 3.02. The molecule has 0 aliphatic carbocycles. The van der Waals surface area contributed by atoms with Crippen LogP contribution in [0.5, 0.6) is 0 Å². The zero-order chi connectivity index (χ0) is 22.3. The van der Waals surface area contributed by atoms with Crippen LogP contribution in [0, 0.1) is 13.8 Å². The SMILES string of the molecule is CCNC(=NCc1c(C)nn(C)c1C)NCC1(NC(C)c2ccccc2)CCOCC1.I. The van der Waals surface area contributed by atoms with Crippen molar-refractivity contribution in [1.82, 2.24) is 25.7 Å². The number of ether oxygens (including phenoxy) is 1. The largest absolute Gasteiger partial charge is 0.381 e. The van der Waals surface area contributed by atoms with Gasteiger partial charge in [0.25, 0.3) is 0 Å². The number of aryl methyl sites for hydroxylation is 2. The maximum Gasteiger partial charge on any atom is 0.191 e. The summed E-state index contributed by atoms with van der Waals surface area (Å²) in [6.45, 7) is 12.3. The van der Waals surface area contributed by atoms with Crippen LogP contribution in [0.25, 0.3) is 0 Å². The molecular formula is C24H39IN6O. The number of aromatic nitrogens is 2. The normalized spacial score (nSPS) is 16.8. The highest BCUT2D eigenvalue weighted by Gasteiger charge is 2.34. The summed E-state index contributed by atoms with van der Waals surface area (Å²) in [5.74, 6) is 0.838. The lowest BCUT2D eigenvalue weighted by molar-refractivity contribution is 0.0355. The number of benzene rings is 1. The Hall–Kier alpha value is -1.65. The minimum atomic E-state index is -0.0379. The van der Waals surface area contributed by atoms with Crippen molar-refractivity contribution in [2.75, 3.05) is 26.3 Å². The number of nitrogens with zero attached hydrogens (tertiary/aromatic N) is 3. The molecule has 2 heterocycles. The zero-order valence-electron chi connectivity index (χ0n) is 20.1. The third kappa shape index (κ3) is 6.92. The van der Waals surface area contributed by atoms with E-state index in [-0.39, 0.29) is 35.6 Å². The summed E-state index contributed by atoms with van der Waals surface area (Å²) >= 11 is 0. The third-order valence-corrected chi connectivity index (χ3v) is 6.26. The monoisotopic (exact) mass is 554 g/mol. The van der Waals surface area contributed by atoms with Crippen LogP contribution in [-0.4, -0.2) is 47.6 Å². The molecule has 0 bridgehead atoms. The number of guanidine groups is 1. The lowest BCUT2D eigenvalue weighted by Crippen LogP contribution is -2.58. The predicted octanol–water partition coefficient (Wildman–Crippen LogP) is 3.61. The molecule has 0 radical (unpaired) electrons. The Bertz CT molecular complexity index is 861. The van der Waals surface area contributed by atoms with Gasteiger partial charge < -0.3 is 20.7 Å². The molecule has 1 saturated heterocycles. The number of hydrogen-bond acceptors (Lipinski definition) is 4. The van der Waals surface area contributed by atoms with Gasteiger partial charge >= 0.3 is 0 Å². The van der Waals surface area contributed by atoms with Crippen LogP contribution < -0.4 is 16.0 Å². The fourth-order valence-corrected chi connectivity index (χ4v) is 4.22. The molecule has 2 aromatic rings. The molecule has 3 rings (SSSR count). The van der Waals surface area contributed by atoms with Crippen LogP contribution in [0.15, 0.2) is 35.3 Å². The minimum Gasteiger partial charge on any atom is -0.381 e. The van der Waals surface area contributed by atoms with Crippen LogP contribution in [-0.2, 0) is 18.3 Å². The predicted molar refractivity (Wildman–Crippen MR) is 142 cm³/mol. The average molecular weight is 555 g/mol. The molecule has 1 aromatic heterocycles. The standard InChI is InChI=1S/C24H38N6O.HI/c1-6-25-23(26-16-22-19(3)29-30(5)20(22)4)27-17-24(12-14-31-15-13-24)28-18(2)21-10-8-7-9-11-21;/h7-11,18,28H,6,12-17H2,1-5H3,(H2,25,26,27);1H. The van der Waals surface area contributed by atoms with Gasteiger partial charge in [-0.3, -0.25) is 4.68 Å². The summed E-state index contributed by atoms with van der Waals surface area (Å²) in [5.41, 5.74) is 4.66. The van der Waals surface area contributed by atoms with E-state index in [1.54, 1.807) is 0 Å². The van der Waals surface area contributed by atoms with Gasteiger partial charge in [0.1, 0.15) is 0 Å². The van der Waals surface area contributed by atoms with Crippen molar-refractivity contribution in [3.05, 3.63) is 52.8 Å². The second kappa shape index (κ2) is 12.6. The first kappa shape index (κ1) is 26.6. The van der Waals surface area contributed by atoms with Crippen molar-refractivity contribution in [3.63, 3.8) is 0 Å². The van der Waals surface area contributed by atoms with Crippen LogP contribution >= 0.6 is 24.0 Å². The van der Waals surface area contributed by atoms with E-state index in [1.165, 1.54) is 11.1 Å². The van der Waals surface area contributed by atoms with E-state index in [2.05, 4.69) is 72.2 Å². The first-order valence-corrected chi connectivity index (χ1v) is 11.4. The number of hydrogen-bond donors (Lipinski definition) is 3. The van der Waals surface area contributed by atoms with Crippen molar-refractivity contribution >= 4 is 29.9 Å². The molecule has 7 nitrogen and oxygen atoms in total. The van der Waals surface area contributed by atoms with Gasteiger partial charge in [0.2, 0.25) is 0 Å². The molecule has 1 atom stereocenters. The summed E-state index contributed by atoms with van der Waals surface area (Å²) in [5, 5.41) is 15.4. The number of aliphatic imine (C=N–C) groups is 1. The maximum atomic E-state index is 5.68. The van der Waals surface area contributed by atoms with Crippen LogP contribution in [0.2, 0.25) is 0 Å². The smallest absolute Gasteiger partial charge is 0.191 e. The van der Waals surface area contributed by atoms with Gasteiger partial charge in [-0.15, -0.1) is 24.0 Å². The molecule has 1 aliphatic heterocycles. The van der Waals surface area contributed by atoms with Crippen molar-refractivity contribution in [3.8, 4) is 0 Å². The Kier molecular flexibility index (Phi) is 10.4. The molecule has 8 heteroatoms. The van der Waals surface area contributed by atoms with Gasteiger partial charge in [0, 0.05) is 56.2 Å². The van der Waals surface area contributed by atoms with Crippen LogP contribution in [0.1, 0.15) is 55.2 Å². The molecule has 0 amide bonds. The molecule has 1 fully saturated rings. The first-order chi connectivity index (χ1) is 14.9. The van der Waals surface area contributed by atoms with Gasteiger partial charge in [-0.25, -0.2) is 4.99 Å². The van der Waals surface area contributed by atoms with E-state index >= 15 is 0 Å². The lowest BCUT2D eigenvalue weighted by atomic mass is 9.88. The fourth-order valence-electron chi connectivity index (χ4n) is 4.22. The van der Waals surface area contributed by atoms with Gasteiger partial charge in [-0.05, 0) is 46.1 Å². The Morgan fingerprint density at radius 2 is 1.88 bits per heavy atom. The van der Waals surface area contributed by atoms with E-state index in [0.717, 1.165) is 56.5 Å². The topological polar surface area (TPSA) is 75.5 Å². The maximum absolute atomic E-state index is 5.68. The highest BCUT2D eigenvalue weighted by Crippen LogP contribution is 2.25. The fraction of sp³-hybridized carbons (Fsp3) is 0.583. The molecule has 0 saturated carbocycles. The summed E-state index contributed by atoms with van der Waals surface area (Å²) in [6.07, 6.45) is 1.94. The van der Waals surface area contributed by atoms with Crippen molar-refractivity contribution < 1.29 is 4.74 Å². The summed E-state index contributed by atoms with van der Waals surface area (Å²) in [7, 11) is 1.98. The Morgan fingerprint density at radius 3 is 2.47 bits per heavy atom. The zero-order valence-corrected chi connectivity index (χ0v) is 22.4. The molecular weight excluding hydrogens is 515 g/mol. The van der Waals surface area contributed by atoms with Crippen LogP contribution in [0.3, 0.4) is 0 Å². The number of halogens is 1. The van der Waals surface area contributed by atoms with E-state index in [9.17, 15) is 0 Å². The second-order valence-corrected chi connectivity index (χ2v) is 8.49. The molecule has 1 unspecified atom stereocenters. The van der Waals surface area contributed by atoms with Gasteiger partial charge in [-0.1, -0.05) is 30.3 Å². The van der Waals surface area contributed by atoms with E-state index in [4.69, 9.17) is 9.73 Å². The first-order valence-electron chi connectivity index (χ1n) is 11.4. The van der Waals surface area contributed by atoms with E-state index in [0.29, 0.717) is 6.54 Å². The quantitative estimate of drug-likeness (QED) is 0.264. The van der Waals surface area contributed by atoms with Gasteiger partial charge in [0.05, 0.1) is 12.2 Å². The molecule has 1 aliphatic rings.